The van der Waals surface area contributed by atoms with Crippen LogP contribution in [0, 0.1) is 5.92 Å². The molecule has 1 aliphatic carbocycles. The van der Waals surface area contributed by atoms with Crippen LogP contribution in [0.4, 0.5) is 5.69 Å². The van der Waals surface area contributed by atoms with Crippen molar-refractivity contribution in [3.05, 3.63) is 59.7 Å². The molecular formula is C28H35NO4. The molecule has 0 amide bonds. The number of allylic oxidation sites excluding steroid dienone is 2. The number of rotatable bonds is 10. The van der Waals surface area contributed by atoms with Crippen LogP contribution < -0.4 is 19.5 Å². The van der Waals surface area contributed by atoms with Crippen LogP contribution in [0.5, 0.6) is 17.2 Å². The summed E-state index contributed by atoms with van der Waals surface area (Å²) in [6.07, 6.45) is 11.8. The van der Waals surface area contributed by atoms with Crippen molar-refractivity contribution in [1.29, 1.82) is 0 Å². The minimum Gasteiger partial charge on any atom is -0.494 e. The number of carbonyl (C=O) groups excluding carboxylic acids is 1. The van der Waals surface area contributed by atoms with Crippen LogP contribution in [0.25, 0.3) is 0 Å². The van der Waals surface area contributed by atoms with E-state index in [1.807, 2.05) is 18.2 Å². The van der Waals surface area contributed by atoms with E-state index in [2.05, 4.69) is 42.6 Å². The highest BCUT2D eigenvalue weighted by atomic mass is 16.6. The molecule has 0 saturated carbocycles. The summed E-state index contributed by atoms with van der Waals surface area (Å²) >= 11 is 0. The number of fused-ring (bicyclic) bond motifs is 3. The van der Waals surface area contributed by atoms with E-state index >= 15 is 0 Å². The van der Waals surface area contributed by atoms with Gasteiger partial charge in [-0.3, -0.25) is 4.79 Å². The quantitative estimate of drug-likeness (QED) is 0.187. The van der Waals surface area contributed by atoms with E-state index in [4.69, 9.17) is 14.2 Å². The summed E-state index contributed by atoms with van der Waals surface area (Å²) in [5, 5.41) is 3.76. The van der Waals surface area contributed by atoms with E-state index in [1.165, 1.54) is 38.2 Å². The predicted octanol–water partition coefficient (Wildman–Crippen LogP) is 6.80. The zero-order chi connectivity index (χ0) is 23.2. The van der Waals surface area contributed by atoms with E-state index < -0.39 is 0 Å². The van der Waals surface area contributed by atoms with Crippen LogP contribution in [0.1, 0.15) is 75.5 Å². The predicted molar refractivity (Wildman–Crippen MR) is 131 cm³/mol. The van der Waals surface area contributed by atoms with Gasteiger partial charge < -0.3 is 19.5 Å². The van der Waals surface area contributed by atoms with Gasteiger partial charge in [0.05, 0.1) is 19.8 Å². The first kappa shape index (κ1) is 23.2. The molecule has 5 nitrogen and oxygen atoms in total. The van der Waals surface area contributed by atoms with Gasteiger partial charge in [0.25, 0.3) is 0 Å². The van der Waals surface area contributed by atoms with Crippen molar-refractivity contribution < 1.29 is 19.0 Å². The highest BCUT2D eigenvalue weighted by Crippen LogP contribution is 2.51. The summed E-state index contributed by atoms with van der Waals surface area (Å²) in [4.78, 5) is 11.4. The van der Waals surface area contributed by atoms with Crippen LogP contribution in [0.2, 0.25) is 0 Å². The summed E-state index contributed by atoms with van der Waals surface area (Å²) in [6, 6.07) is 12.4. The van der Waals surface area contributed by atoms with Crippen molar-refractivity contribution in [3.63, 3.8) is 0 Å². The van der Waals surface area contributed by atoms with Crippen molar-refractivity contribution in [2.75, 3.05) is 19.0 Å². The maximum absolute atomic E-state index is 11.4. The number of esters is 1. The topological polar surface area (TPSA) is 56.8 Å². The first-order valence-corrected chi connectivity index (χ1v) is 12.2. The zero-order valence-electron chi connectivity index (χ0n) is 19.9. The molecule has 33 heavy (non-hydrogen) atoms. The molecule has 4 rings (SSSR count). The smallest absolute Gasteiger partial charge is 0.308 e. The van der Waals surface area contributed by atoms with Crippen molar-refractivity contribution in [1.82, 2.24) is 0 Å². The highest BCUT2D eigenvalue weighted by molar-refractivity contribution is 5.70. The van der Waals surface area contributed by atoms with Crippen molar-refractivity contribution in [2.24, 2.45) is 5.92 Å². The van der Waals surface area contributed by atoms with Gasteiger partial charge in [-0.2, -0.15) is 0 Å². The van der Waals surface area contributed by atoms with Crippen molar-refractivity contribution in [2.45, 2.75) is 64.3 Å². The fraction of sp³-hybridized carbons (Fsp3) is 0.464. The summed E-state index contributed by atoms with van der Waals surface area (Å²) in [5.41, 5.74) is 3.57. The third-order valence-corrected chi connectivity index (χ3v) is 6.65. The fourth-order valence-corrected chi connectivity index (χ4v) is 5.00. The molecule has 0 aromatic heterocycles. The van der Waals surface area contributed by atoms with Gasteiger partial charge in [-0.15, -0.1) is 0 Å². The number of nitrogens with one attached hydrogen (secondary N) is 1. The standard InChI is InChI=1S/C28H35NO4/c1-4-5-6-7-8-16-32-21-13-14-25-24(18-21)22-10-9-11-23(22)28(29-25)20-12-15-26(33-19(2)30)27(17-20)31-3/h9-10,12-15,17-18,22-23,28-29H,4-8,11,16H2,1-3H3. The van der Waals surface area contributed by atoms with E-state index in [0.717, 1.165) is 36.4 Å². The van der Waals surface area contributed by atoms with Gasteiger partial charge in [0, 0.05) is 18.5 Å². The minimum absolute atomic E-state index is 0.142. The third-order valence-electron chi connectivity index (χ3n) is 6.65. The molecule has 0 spiro atoms. The number of methoxy groups -OCH3 is 1. The Bertz CT molecular complexity index is 999. The Balaban J connectivity index is 1.50. The second-order valence-electron chi connectivity index (χ2n) is 8.99. The molecule has 1 aliphatic heterocycles. The lowest BCUT2D eigenvalue weighted by molar-refractivity contribution is -0.132. The van der Waals surface area contributed by atoms with E-state index in [1.54, 1.807) is 7.11 Å². The largest absolute Gasteiger partial charge is 0.494 e. The van der Waals surface area contributed by atoms with E-state index in [9.17, 15) is 4.79 Å². The van der Waals surface area contributed by atoms with Gasteiger partial charge in [0.1, 0.15) is 5.75 Å². The first-order valence-electron chi connectivity index (χ1n) is 12.2. The molecule has 1 heterocycles. The van der Waals surface area contributed by atoms with Crippen LogP contribution in [-0.2, 0) is 4.79 Å². The Hall–Kier alpha value is -2.95. The molecule has 0 fully saturated rings. The van der Waals surface area contributed by atoms with Crippen LogP contribution >= 0.6 is 0 Å². The molecule has 176 valence electrons. The second kappa shape index (κ2) is 10.8. The van der Waals surface area contributed by atoms with Crippen LogP contribution in [0.15, 0.2) is 48.6 Å². The molecule has 5 heteroatoms. The average molecular weight is 450 g/mol. The molecule has 0 bridgehead atoms. The van der Waals surface area contributed by atoms with Gasteiger partial charge in [0.2, 0.25) is 0 Å². The molecule has 2 aromatic rings. The molecule has 2 aliphatic rings. The molecule has 0 saturated heterocycles. The lowest BCUT2D eigenvalue weighted by atomic mass is 9.77. The molecule has 3 unspecified atom stereocenters. The summed E-state index contributed by atoms with van der Waals surface area (Å²) in [7, 11) is 1.60. The number of unbranched alkanes of at least 4 members (excludes halogenated alkanes) is 4. The number of carbonyl (C=O) groups is 1. The van der Waals surface area contributed by atoms with Gasteiger partial charge in [-0.05, 0) is 60.2 Å². The number of benzene rings is 2. The summed E-state index contributed by atoms with van der Waals surface area (Å²) < 4.78 is 16.9. The molecule has 2 aromatic carbocycles. The molecule has 0 radical (unpaired) electrons. The van der Waals surface area contributed by atoms with Crippen molar-refractivity contribution >= 4 is 11.7 Å². The Morgan fingerprint density at radius 1 is 1.06 bits per heavy atom. The number of hydrogen-bond donors (Lipinski definition) is 1. The SMILES string of the molecule is CCCCCCCOc1ccc2c(c1)C1C=CCC1C(c1ccc(OC(C)=O)c(OC)c1)N2. The Morgan fingerprint density at radius 2 is 1.91 bits per heavy atom. The third kappa shape index (κ3) is 5.35. The van der Waals surface area contributed by atoms with Gasteiger partial charge in [-0.1, -0.05) is 50.8 Å². The van der Waals surface area contributed by atoms with Crippen LogP contribution in [0.3, 0.4) is 0 Å². The second-order valence-corrected chi connectivity index (χ2v) is 8.99. The summed E-state index contributed by atoms with van der Waals surface area (Å²) in [6.45, 7) is 4.41. The normalized spacial score (nSPS) is 20.5. The number of hydrogen-bond acceptors (Lipinski definition) is 5. The average Bonchev–Trinajstić information content (AvgIpc) is 3.31. The minimum atomic E-state index is -0.357. The fourth-order valence-electron chi connectivity index (χ4n) is 5.00. The van der Waals surface area contributed by atoms with E-state index in [-0.39, 0.29) is 12.0 Å². The van der Waals surface area contributed by atoms with Crippen LogP contribution in [-0.4, -0.2) is 19.7 Å². The maximum atomic E-state index is 11.4. The Labute approximate surface area is 197 Å². The lowest BCUT2D eigenvalue weighted by Crippen LogP contribution is -2.29. The Kier molecular flexibility index (Phi) is 7.58. The highest BCUT2D eigenvalue weighted by Gasteiger charge is 2.38. The number of anilines is 1. The first-order chi connectivity index (χ1) is 16.1. The molecule has 1 N–H and O–H groups in total. The summed E-state index contributed by atoms with van der Waals surface area (Å²) in [5.74, 6) is 2.37. The zero-order valence-corrected chi connectivity index (χ0v) is 19.9. The number of ether oxygens (including phenoxy) is 3. The van der Waals surface area contributed by atoms with Crippen molar-refractivity contribution in [3.8, 4) is 17.2 Å². The Morgan fingerprint density at radius 3 is 2.70 bits per heavy atom. The van der Waals surface area contributed by atoms with Gasteiger partial charge in [0.15, 0.2) is 11.5 Å². The van der Waals surface area contributed by atoms with Gasteiger partial charge >= 0.3 is 5.97 Å². The van der Waals surface area contributed by atoms with Gasteiger partial charge in [-0.25, -0.2) is 0 Å². The molecule has 3 atom stereocenters. The van der Waals surface area contributed by atoms with E-state index in [0.29, 0.717) is 23.3 Å². The monoisotopic (exact) mass is 449 g/mol. The molecular weight excluding hydrogens is 414 g/mol. The lowest BCUT2D eigenvalue weighted by Gasteiger charge is -2.37. The maximum Gasteiger partial charge on any atom is 0.308 e.